The maximum atomic E-state index is 5.97. The third-order valence-electron chi connectivity index (χ3n) is 1.90. The first kappa shape index (κ1) is 11.6. The van der Waals surface area contributed by atoms with E-state index in [1.807, 2.05) is 18.2 Å². The lowest BCUT2D eigenvalue weighted by Gasteiger charge is -2.09. The summed E-state index contributed by atoms with van der Waals surface area (Å²) >= 11 is 11.9. The van der Waals surface area contributed by atoms with Gasteiger partial charge in [-0.3, -0.25) is 0 Å². The molecular formula is C10H14Cl2N2. The highest BCUT2D eigenvalue weighted by Crippen LogP contribution is 2.29. The number of rotatable bonds is 5. The summed E-state index contributed by atoms with van der Waals surface area (Å²) in [5.74, 6) is 0. The van der Waals surface area contributed by atoms with Crippen molar-refractivity contribution in [2.24, 2.45) is 5.73 Å². The number of hydrogen-bond donors (Lipinski definition) is 2. The van der Waals surface area contributed by atoms with E-state index in [2.05, 4.69) is 5.32 Å². The smallest absolute Gasteiger partial charge is 0.0718 e. The third kappa shape index (κ3) is 3.37. The Morgan fingerprint density at radius 2 is 1.79 bits per heavy atom. The fraction of sp³-hybridized carbons (Fsp3) is 0.400. The van der Waals surface area contributed by atoms with Gasteiger partial charge < -0.3 is 11.1 Å². The lowest BCUT2D eigenvalue weighted by Crippen LogP contribution is -2.06. The normalized spacial score (nSPS) is 10.2. The summed E-state index contributed by atoms with van der Waals surface area (Å²) in [6.45, 7) is 1.57. The first-order valence-electron chi connectivity index (χ1n) is 4.63. The van der Waals surface area contributed by atoms with Crippen LogP contribution in [0.1, 0.15) is 12.8 Å². The van der Waals surface area contributed by atoms with E-state index in [0.29, 0.717) is 10.0 Å². The van der Waals surface area contributed by atoms with Crippen LogP contribution in [0.3, 0.4) is 0 Å². The van der Waals surface area contributed by atoms with Crippen LogP contribution in [-0.4, -0.2) is 13.1 Å². The zero-order valence-corrected chi connectivity index (χ0v) is 9.41. The van der Waals surface area contributed by atoms with Crippen molar-refractivity contribution in [1.82, 2.24) is 0 Å². The zero-order valence-electron chi connectivity index (χ0n) is 7.89. The summed E-state index contributed by atoms with van der Waals surface area (Å²) in [4.78, 5) is 0. The Morgan fingerprint density at radius 3 is 2.36 bits per heavy atom. The predicted octanol–water partition coefficient (Wildman–Crippen LogP) is 3.14. The quantitative estimate of drug-likeness (QED) is 0.766. The molecule has 0 radical (unpaired) electrons. The molecule has 0 saturated heterocycles. The summed E-state index contributed by atoms with van der Waals surface area (Å²) < 4.78 is 0. The minimum Gasteiger partial charge on any atom is -0.383 e. The Kier molecular flexibility index (Phi) is 5.09. The molecule has 0 unspecified atom stereocenters. The molecule has 0 spiro atoms. The molecule has 0 fully saturated rings. The van der Waals surface area contributed by atoms with Crippen LogP contribution in [0.5, 0.6) is 0 Å². The first-order chi connectivity index (χ1) is 6.75. The second-order valence-corrected chi connectivity index (χ2v) is 3.83. The van der Waals surface area contributed by atoms with Crippen molar-refractivity contribution in [3.05, 3.63) is 28.2 Å². The lowest BCUT2D eigenvalue weighted by molar-refractivity contribution is 0.774. The molecule has 0 aliphatic carbocycles. The summed E-state index contributed by atoms with van der Waals surface area (Å²) in [7, 11) is 0. The van der Waals surface area contributed by atoms with Crippen LogP contribution in [0.25, 0.3) is 0 Å². The molecule has 0 aliphatic rings. The Balaban J connectivity index is 2.49. The summed E-state index contributed by atoms with van der Waals surface area (Å²) in [5, 5.41) is 4.51. The first-order valence-corrected chi connectivity index (χ1v) is 5.39. The fourth-order valence-corrected chi connectivity index (χ4v) is 1.68. The summed E-state index contributed by atoms with van der Waals surface area (Å²) in [5.41, 5.74) is 6.20. The number of nitrogens with two attached hydrogens (primary N) is 1. The van der Waals surface area contributed by atoms with Crippen LogP contribution in [0.4, 0.5) is 5.69 Å². The number of halogens is 2. The molecule has 78 valence electrons. The molecule has 0 amide bonds. The molecule has 14 heavy (non-hydrogen) atoms. The number of anilines is 1. The molecule has 0 heterocycles. The molecule has 4 heteroatoms. The van der Waals surface area contributed by atoms with E-state index in [0.717, 1.165) is 31.6 Å². The fourth-order valence-electron chi connectivity index (χ4n) is 1.15. The molecule has 2 nitrogen and oxygen atoms in total. The van der Waals surface area contributed by atoms with Crippen LogP contribution in [0, 0.1) is 0 Å². The molecule has 0 aliphatic heterocycles. The monoisotopic (exact) mass is 232 g/mol. The molecule has 1 aromatic rings. The van der Waals surface area contributed by atoms with E-state index in [1.54, 1.807) is 0 Å². The molecule has 0 atom stereocenters. The van der Waals surface area contributed by atoms with E-state index in [-0.39, 0.29) is 0 Å². The number of hydrogen-bond acceptors (Lipinski definition) is 2. The SMILES string of the molecule is NCCCCNc1c(Cl)cccc1Cl. The van der Waals surface area contributed by atoms with Gasteiger partial charge in [0, 0.05) is 6.54 Å². The molecular weight excluding hydrogens is 219 g/mol. The van der Waals surface area contributed by atoms with E-state index in [4.69, 9.17) is 28.9 Å². The van der Waals surface area contributed by atoms with Crippen LogP contribution in [0.15, 0.2) is 18.2 Å². The van der Waals surface area contributed by atoms with Gasteiger partial charge >= 0.3 is 0 Å². The molecule has 1 rings (SSSR count). The molecule has 0 aromatic heterocycles. The molecule has 0 bridgehead atoms. The van der Waals surface area contributed by atoms with Gasteiger partial charge in [-0.15, -0.1) is 0 Å². The average Bonchev–Trinajstić information content (AvgIpc) is 2.16. The predicted molar refractivity (Wildman–Crippen MR) is 63.2 cm³/mol. The minimum atomic E-state index is 0.658. The molecule has 0 saturated carbocycles. The largest absolute Gasteiger partial charge is 0.383 e. The van der Waals surface area contributed by atoms with Crippen molar-refractivity contribution in [2.45, 2.75) is 12.8 Å². The van der Waals surface area contributed by atoms with Crippen molar-refractivity contribution in [3.8, 4) is 0 Å². The highest BCUT2D eigenvalue weighted by molar-refractivity contribution is 6.39. The van der Waals surface area contributed by atoms with E-state index in [1.165, 1.54) is 0 Å². The van der Waals surface area contributed by atoms with Crippen molar-refractivity contribution in [1.29, 1.82) is 0 Å². The Labute approximate surface area is 94.4 Å². The van der Waals surface area contributed by atoms with Crippen molar-refractivity contribution < 1.29 is 0 Å². The van der Waals surface area contributed by atoms with E-state index in [9.17, 15) is 0 Å². The van der Waals surface area contributed by atoms with Crippen molar-refractivity contribution >= 4 is 28.9 Å². The van der Waals surface area contributed by atoms with Gasteiger partial charge in [-0.25, -0.2) is 0 Å². The second kappa shape index (κ2) is 6.12. The maximum absolute atomic E-state index is 5.97. The Hall–Kier alpha value is -0.440. The number of para-hydroxylation sites is 1. The van der Waals surface area contributed by atoms with Gasteiger partial charge in [0.1, 0.15) is 0 Å². The third-order valence-corrected chi connectivity index (χ3v) is 2.53. The van der Waals surface area contributed by atoms with Crippen LogP contribution >= 0.6 is 23.2 Å². The van der Waals surface area contributed by atoms with Gasteiger partial charge in [0.2, 0.25) is 0 Å². The molecule has 1 aromatic carbocycles. The van der Waals surface area contributed by atoms with Gasteiger partial charge in [0.15, 0.2) is 0 Å². The van der Waals surface area contributed by atoms with Gasteiger partial charge in [-0.2, -0.15) is 0 Å². The van der Waals surface area contributed by atoms with Crippen LogP contribution in [0.2, 0.25) is 10.0 Å². The lowest BCUT2D eigenvalue weighted by atomic mass is 10.3. The van der Waals surface area contributed by atoms with Gasteiger partial charge in [-0.1, -0.05) is 29.3 Å². The van der Waals surface area contributed by atoms with Crippen molar-refractivity contribution in [3.63, 3.8) is 0 Å². The highest BCUT2D eigenvalue weighted by atomic mass is 35.5. The summed E-state index contributed by atoms with van der Waals surface area (Å²) in [6, 6.07) is 5.47. The second-order valence-electron chi connectivity index (χ2n) is 3.02. The highest BCUT2D eigenvalue weighted by Gasteiger charge is 2.03. The average molecular weight is 233 g/mol. The van der Waals surface area contributed by atoms with E-state index >= 15 is 0 Å². The zero-order chi connectivity index (χ0) is 10.4. The maximum Gasteiger partial charge on any atom is 0.0718 e. The van der Waals surface area contributed by atoms with Crippen LogP contribution in [-0.2, 0) is 0 Å². The van der Waals surface area contributed by atoms with Crippen LogP contribution < -0.4 is 11.1 Å². The minimum absolute atomic E-state index is 0.658. The Morgan fingerprint density at radius 1 is 1.14 bits per heavy atom. The topological polar surface area (TPSA) is 38.0 Å². The van der Waals surface area contributed by atoms with Gasteiger partial charge in [0.25, 0.3) is 0 Å². The number of benzene rings is 1. The van der Waals surface area contributed by atoms with Gasteiger partial charge in [-0.05, 0) is 31.5 Å². The standard InChI is InChI=1S/C10H14Cl2N2/c11-8-4-3-5-9(12)10(8)14-7-2-1-6-13/h3-5,14H,1-2,6-7,13H2. The van der Waals surface area contributed by atoms with Gasteiger partial charge in [0.05, 0.1) is 15.7 Å². The Bertz CT molecular complexity index is 269. The summed E-state index contributed by atoms with van der Waals surface area (Å²) in [6.07, 6.45) is 2.03. The van der Waals surface area contributed by atoms with E-state index < -0.39 is 0 Å². The molecule has 3 N–H and O–H groups in total. The number of unbranched alkanes of at least 4 members (excludes halogenated alkanes) is 1. The number of nitrogens with one attached hydrogen (secondary N) is 1. The van der Waals surface area contributed by atoms with Crippen molar-refractivity contribution in [2.75, 3.05) is 18.4 Å².